The molecule has 0 saturated heterocycles. The van der Waals surface area contributed by atoms with Gasteiger partial charge < -0.3 is 25.6 Å². The summed E-state index contributed by atoms with van der Waals surface area (Å²) >= 11 is 0. The first-order valence-electron chi connectivity index (χ1n) is 4.66. The lowest BCUT2D eigenvalue weighted by molar-refractivity contribution is -0.137. The molecule has 0 bridgehead atoms. The third-order valence-electron chi connectivity index (χ3n) is 2.28. The summed E-state index contributed by atoms with van der Waals surface area (Å²) in [4.78, 5) is 22.6. The predicted molar refractivity (Wildman–Crippen MR) is 53.3 cm³/mol. The van der Waals surface area contributed by atoms with Crippen LogP contribution in [0.4, 0.5) is 4.79 Å². The van der Waals surface area contributed by atoms with E-state index in [0.29, 0.717) is 5.70 Å². The molecule has 0 aromatic carbocycles. The molecule has 0 aromatic heterocycles. The van der Waals surface area contributed by atoms with Crippen molar-refractivity contribution in [2.75, 3.05) is 13.7 Å². The topological polar surface area (TPSA) is 108 Å². The lowest BCUT2D eigenvalue weighted by atomic mass is 9.98. The van der Waals surface area contributed by atoms with Gasteiger partial charge in [-0.1, -0.05) is 0 Å². The fourth-order valence-corrected chi connectivity index (χ4v) is 1.50. The zero-order valence-electron chi connectivity index (χ0n) is 8.98. The molecule has 2 amide bonds. The number of amides is 2. The molecule has 0 aliphatic carbocycles. The van der Waals surface area contributed by atoms with Gasteiger partial charge in [-0.3, -0.25) is 0 Å². The average Bonchev–Trinajstić information content (AvgIpc) is 2.26. The number of rotatable bonds is 3. The summed E-state index contributed by atoms with van der Waals surface area (Å²) in [6, 6.07) is -1.51. The van der Waals surface area contributed by atoms with Gasteiger partial charge in [0.15, 0.2) is 0 Å². The Labute approximate surface area is 92.1 Å². The van der Waals surface area contributed by atoms with E-state index in [1.54, 1.807) is 0 Å². The second-order valence-electron chi connectivity index (χ2n) is 3.36. The van der Waals surface area contributed by atoms with Gasteiger partial charge >= 0.3 is 12.0 Å². The van der Waals surface area contributed by atoms with E-state index in [9.17, 15) is 14.7 Å². The minimum Gasteiger partial charge on any atom is -0.466 e. The Morgan fingerprint density at radius 3 is 2.75 bits per heavy atom. The lowest BCUT2D eigenvalue weighted by Crippen LogP contribution is -2.55. The van der Waals surface area contributed by atoms with E-state index in [2.05, 4.69) is 15.4 Å². The highest BCUT2D eigenvalue weighted by atomic mass is 16.5. The third-order valence-corrected chi connectivity index (χ3v) is 2.28. The molecule has 16 heavy (non-hydrogen) atoms. The van der Waals surface area contributed by atoms with Gasteiger partial charge in [0, 0.05) is 5.70 Å². The maximum atomic E-state index is 11.5. The van der Waals surface area contributed by atoms with Gasteiger partial charge in [0.05, 0.1) is 25.3 Å². The zero-order chi connectivity index (χ0) is 12.3. The van der Waals surface area contributed by atoms with Crippen LogP contribution in [0.25, 0.3) is 0 Å². The highest BCUT2D eigenvalue weighted by Gasteiger charge is 2.34. The minimum atomic E-state index is -1.25. The Hall–Kier alpha value is -1.60. The molecule has 7 heteroatoms. The van der Waals surface area contributed by atoms with Crippen molar-refractivity contribution < 1.29 is 24.5 Å². The highest BCUT2D eigenvalue weighted by molar-refractivity contribution is 5.94. The molecule has 1 aliphatic heterocycles. The number of aliphatic hydroxyl groups is 2. The van der Waals surface area contributed by atoms with Crippen LogP contribution in [0.3, 0.4) is 0 Å². The molecular weight excluding hydrogens is 216 g/mol. The van der Waals surface area contributed by atoms with Crippen molar-refractivity contribution in [3.05, 3.63) is 11.3 Å². The smallest absolute Gasteiger partial charge is 0.337 e. The third kappa shape index (κ3) is 2.31. The van der Waals surface area contributed by atoms with Crippen LogP contribution in [-0.4, -0.2) is 48.1 Å². The van der Waals surface area contributed by atoms with Crippen LogP contribution in [0, 0.1) is 0 Å². The largest absolute Gasteiger partial charge is 0.466 e. The lowest BCUT2D eigenvalue weighted by Gasteiger charge is -2.29. The minimum absolute atomic E-state index is 0.101. The van der Waals surface area contributed by atoms with Crippen molar-refractivity contribution >= 4 is 12.0 Å². The molecule has 90 valence electrons. The highest BCUT2D eigenvalue weighted by Crippen LogP contribution is 2.16. The Balaban J connectivity index is 3.07. The van der Waals surface area contributed by atoms with Crippen molar-refractivity contribution in [3.8, 4) is 0 Å². The molecule has 7 nitrogen and oxygen atoms in total. The number of carbonyl (C=O) groups excluding carboxylic acids is 2. The molecule has 1 rings (SSSR count). The molecule has 0 fully saturated rings. The van der Waals surface area contributed by atoms with Crippen LogP contribution >= 0.6 is 0 Å². The quantitative estimate of drug-likeness (QED) is 0.440. The molecule has 1 unspecified atom stereocenters. The summed E-state index contributed by atoms with van der Waals surface area (Å²) in [7, 11) is 1.20. The number of carbonyl (C=O) groups is 2. The first-order valence-corrected chi connectivity index (χ1v) is 4.66. The number of nitrogens with one attached hydrogen (secondary N) is 2. The number of esters is 1. The van der Waals surface area contributed by atoms with Crippen molar-refractivity contribution in [2.45, 2.75) is 19.1 Å². The van der Waals surface area contributed by atoms with E-state index < -0.39 is 30.8 Å². The monoisotopic (exact) mass is 230 g/mol. The van der Waals surface area contributed by atoms with Crippen LogP contribution in [-0.2, 0) is 9.53 Å². The van der Waals surface area contributed by atoms with E-state index >= 15 is 0 Å². The van der Waals surface area contributed by atoms with Crippen LogP contribution in [0.2, 0.25) is 0 Å². The second-order valence-corrected chi connectivity index (χ2v) is 3.36. The maximum Gasteiger partial charge on any atom is 0.337 e. The summed E-state index contributed by atoms with van der Waals surface area (Å²) in [5, 5.41) is 23.1. The van der Waals surface area contributed by atoms with Gasteiger partial charge in [-0.15, -0.1) is 0 Å². The van der Waals surface area contributed by atoms with E-state index in [0.717, 1.165) is 0 Å². The molecular formula is C9H14N2O5. The number of hydrogen-bond donors (Lipinski definition) is 4. The number of urea groups is 1. The Kier molecular flexibility index (Phi) is 3.86. The molecule has 2 atom stereocenters. The second kappa shape index (κ2) is 4.95. The molecule has 0 radical (unpaired) electrons. The zero-order valence-corrected chi connectivity index (χ0v) is 8.98. The van der Waals surface area contributed by atoms with Gasteiger partial charge in [-0.2, -0.15) is 0 Å². The SMILES string of the molecule is COC(=O)C1=C(C)NC(=O)NC1[C@H](O)CO. The Bertz CT molecular complexity index is 339. The van der Waals surface area contributed by atoms with Gasteiger partial charge in [0.25, 0.3) is 0 Å². The van der Waals surface area contributed by atoms with Crippen LogP contribution in [0.5, 0.6) is 0 Å². The van der Waals surface area contributed by atoms with Crippen molar-refractivity contribution in [1.29, 1.82) is 0 Å². The standard InChI is InChI=1S/C9H14N2O5/c1-4-6(8(14)16-2)7(5(13)3-12)11-9(15)10-4/h5,7,12-13H,3H2,1-2H3,(H2,10,11,15)/t5-,7?/m1/s1. The predicted octanol–water partition coefficient (Wildman–Crippen LogP) is -1.53. The van der Waals surface area contributed by atoms with E-state index in [4.69, 9.17) is 5.11 Å². The first-order chi connectivity index (χ1) is 7.51. The van der Waals surface area contributed by atoms with Crippen LogP contribution < -0.4 is 10.6 Å². The van der Waals surface area contributed by atoms with Gasteiger partial charge in [-0.05, 0) is 6.92 Å². The van der Waals surface area contributed by atoms with Gasteiger partial charge in [0.1, 0.15) is 6.10 Å². The van der Waals surface area contributed by atoms with Crippen LogP contribution in [0.1, 0.15) is 6.92 Å². The molecule has 0 saturated carbocycles. The number of aliphatic hydroxyl groups excluding tert-OH is 2. The normalized spacial score (nSPS) is 22.2. The molecule has 0 aromatic rings. The van der Waals surface area contributed by atoms with Gasteiger partial charge in [0.2, 0.25) is 0 Å². The molecule has 0 spiro atoms. The fraction of sp³-hybridized carbons (Fsp3) is 0.556. The number of methoxy groups -OCH3 is 1. The van der Waals surface area contributed by atoms with E-state index in [1.165, 1.54) is 14.0 Å². The van der Waals surface area contributed by atoms with Crippen molar-refractivity contribution in [1.82, 2.24) is 10.6 Å². The summed E-state index contributed by atoms with van der Waals surface area (Å²) in [6.45, 7) is 0.945. The summed E-state index contributed by atoms with van der Waals surface area (Å²) in [5.41, 5.74) is 0.400. The molecule has 4 N–H and O–H groups in total. The Morgan fingerprint density at radius 2 is 2.25 bits per heavy atom. The molecule has 1 aliphatic rings. The van der Waals surface area contributed by atoms with Gasteiger partial charge in [-0.25, -0.2) is 9.59 Å². The molecule has 1 heterocycles. The summed E-state index contributed by atoms with van der Waals surface area (Å²) < 4.78 is 4.54. The number of ether oxygens (including phenoxy) is 1. The number of hydrogen-bond acceptors (Lipinski definition) is 5. The first kappa shape index (κ1) is 12.5. The van der Waals surface area contributed by atoms with Crippen molar-refractivity contribution in [2.24, 2.45) is 0 Å². The van der Waals surface area contributed by atoms with Crippen molar-refractivity contribution in [3.63, 3.8) is 0 Å². The average molecular weight is 230 g/mol. The Morgan fingerprint density at radius 1 is 1.62 bits per heavy atom. The van der Waals surface area contributed by atoms with E-state index in [-0.39, 0.29) is 5.57 Å². The maximum absolute atomic E-state index is 11.5. The van der Waals surface area contributed by atoms with E-state index in [1.807, 2.05) is 0 Å². The fourth-order valence-electron chi connectivity index (χ4n) is 1.50. The van der Waals surface area contributed by atoms with Crippen LogP contribution in [0.15, 0.2) is 11.3 Å². The number of allylic oxidation sites excluding steroid dienone is 1. The summed E-state index contributed by atoms with van der Waals surface area (Å²) in [6.07, 6.45) is -1.25. The summed E-state index contributed by atoms with van der Waals surface area (Å²) in [5.74, 6) is -0.664.